The van der Waals surface area contributed by atoms with E-state index in [4.69, 9.17) is 0 Å². The van der Waals surface area contributed by atoms with E-state index in [-0.39, 0.29) is 17.5 Å². The summed E-state index contributed by atoms with van der Waals surface area (Å²) < 4.78 is 38.5. The summed E-state index contributed by atoms with van der Waals surface area (Å²) in [5, 5.41) is 26.2. The summed E-state index contributed by atoms with van der Waals surface area (Å²) in [7, 11) is 0. The van der Waals surface area contributed by atoms with E-state index in [0.29, 0.717) is 0 Å². The Morgan fingerprint density at radius 2 is 1.82 bits per heavy atom. The van der Waals surface area contributed by atoms with E-state index < -0.39 is 22.4 Å². The predicted molar refractivity (Wildman–Crippen MR) is 120 cm³/mol. The number of hydrogen-bond donors (Lipinski definition) is 3. The zero-order valence-electron chi connectivity index (χ0n) is 18.1. The molecule has 8 nitrogen and oxygen atoms in total. The van der Waals surface area contributed by atoms with Gasteiger partial charge >= 0.3 is 6.18 Å². The lowest BCUT2D eigenvalue weighted by atomic mass is 9.95. The van der Waals surface area contributed by atoms with Gasteiger partial charge in [0.1, 0.15) is 11.3 Å². The number of piperazine rings is 1. The topological polar surface area (TPSA) is 104 Å². The van der Waals surface area contributed by atoms with Crippen LogP contribution in [-0.4, -0.2) is 47.2 Å². The number of benzene rings is 1. The van der Waals surface area contributed by atoms with Crippen LogP contribution in [0, 0.1) is 10.1 Å². The maximum atomic E-state index is 12.8. The molecular weight excluding hydrogens is 439 g/mol. The Hall–Kier alpha value is -3.08. The van der Waals surface area contributed by atoms with Crippen LogP contribution in [0.5, 0.6) is 5.75 Å². The summed E-state index contributed by atoms with van der Waals surface area (Å²) >= 11 is 0. The molecule has 2 aromatic rings. The van der Waals surface area contributed by atoms with Crippen LogP contribution in [0.3, 0.4) is 0 Å². The summed E-state index contributed by atoms with van der Waals surface area (Å²) in [6.07, 6.45) is 3.58. The molecule has 4 rings (SSSR count). The number of anilines is 2. The van der Waals surface area contributed by atoms with Crippen LogP contribution in [0.2, 0.25) is 0 Å². The number of aromatic nitrogens is 1. The van der Waals surface area contributed by atoms with Gasteiger partial charge in [-0.25, -0.2) is 0 Å². The fourth-order valence-electron chi connectivity index (χ4n) is 4.01. The highest BCUT2D eigenvalue weighted by Gasteiger charge is 2.38. The number of halogens is 3. The largest absolute Gasteiger partial charge is 0.506 e. The van der Waals surface area contributed by atoms with Gasteiger partial charge in [-0.05, 0) is 25.0 Å². The maximum absolute atomic E-state index is 12.8. The summed E-state index contributed by atoms with van der Waals surface area (Å²) in [6.45, 7) is 3.95. The molecule has 0 unspecified atom stereocenters. The van der Waals surface area contributed by atoms with E-state index in [2.05, 4.69) is 20.5 Å². The number of aromatic hydroxyl groups is 1. The number of rotatable bonds is 4. The number of nitrogens with zero attached hydrogens (tertiary/aromatic N) is 3. The molecule has 1 aliphatic carbocycles. The molecule has 1 aromatic carbocycles. The van der Waals surface area contributed by atoms with Crippen molar-refractivity contribution in [1.29, 1.82) is 0 Å². The molecule has 1 saturated carbocycles. The quantitative estimate of drug-likeness (QED) is 0.448. The molecule has 11 heteroatoms. The van der Waals surface area contributed by atoms with E-state index in [0.717, 1.165) is 76.1 Å². The molecule has 3 N–H and O–H groups in total. The second-order valence-electron chi connectivity index (χ2n) is 8.10. The Morgan fingerprint density at radius 1 is 1.12 bits per heavy atom. The van der Waals surface area contributed by atoms with Gasteiger partial charge in [-0.1, -0.05) is 19.3 Å². The summed E-state index contributed by atoms with van der Waals surface area (Å²) in [4.78, 5) is 15.8. The molecule has 2 aliphatic rings. The first-order valence-corrected chi connectivity index (χ1v) is 11.0. The summed E-state index contributed by atoms with van der Waals surface area (Å²) in [5.41, 5.74) is -0.827. The third kappa shape index (κ3) is 7.21. The fraction of sp³-hybridized carbons (Fsp3) is 0.500. The zero-order valence-corrected chi connectivity index (χ0v) is 18.1. The molecule has 1 aliphatic heterocycles. The second kappa shape index (κ2) is 11.2. The molecule has 1 aromatic heterocycles. The number of nitro benzene ring substituents is 1. The summed E-state index contributed by atoms with van der Waals surface area (Å²) in [5.74, 6) is 0.232. The van der Waals surface area contributed by atoms with Crippen LogP contribution in [0.1, 0.15) is 37.7 Å². The molecule has 0 radical (unpaired) electrons. The maximum Gasteiger partial charge on any atom is 0.423 e. The molecule has 0 spiro atoms. The third-order valence-corrected chi connectivity index (χ3v) is 5.67. The van der Waals surface area contributed by atoms with Gasteiger partial charge in [-0.2, -0.15) is 13.2 Å². The van der Waals surface area contributed by atoms with Crippen molar-refractivity contribution >= 4 is 17.1 Å². The van der Waals surface area contributed by atoms with Gasteiger partial charge in [0.2, 0.25) is 0 Å². The van der Waals surface area contributed by atoms with Gasteiger partial charge in [0.15, 0.2) is 0 Å². The first-order valence-electron chi connectivity index (χ1n) is 11.0. The van der Waals surface area contributed by atoms with Crippen LogP contribution >= 0.6 is 0 Å². The highest BCUT2D eigenvalue weighted by molar-refractivity contribution is 5.55. The van der Waals surface area contributed by atoms with Crippen molar-refractivity contribution in [3.8, 4) is 5.75 Å². The molecule has 2 fully saturated rings. The molecule has 2 heterocycles. The Morgan fingerprint density at radius 3 is 2.42 bits per heavy atom. The van der Waals surface area contributed by atoms with Crippen molar-refractivity contribution in [3.05, 3.63) is 52.3 Å². The molecule has 0 bridgehead atoms. The highest BCUT2D eigenvalue weighted by Crippen LogP contribution is 2.38. The van der Waals surface area contributed by atoms with Gasteiger partial charge in [0.05, 0.1) is 23.0 Å². The van der Waals surface area contributed by atoms with Crippen molar-refractivity contribution in [2.75, 3.05) is 36.4 Å². The van der Waals surface area contributed by atoms with Crippen LogP contribution in [0.4, 0.5) is 30.2 Å². The first kappa shape index (κ1) is 24.6. The van der Waals surface area contributed by atoms with E-state index >= 15 is 0 Å². The Balaban J connectivity index is 0.000000203. The van der Waals surface area contributed by atoms with Gasteiger partial charge in [-0.15, -0.1) is 0 Å². The van der Waals surface area contributed by atoms with Crippen LogP contribution in [0.25, 0.3) is 0 Å². The van der Waals surface area contributed by atoms with Crippen molar-refractivity contribution in [1.82, 2.24) is 10.3 Å². The third-order valence-electron chi connectivity index (χ3n) is 5.67. The molecule has 180 valence electrons. The minimum atomic E-state index is -4.73. The van der Waals surface area contributed by atoms with E-state index in [1.807, 2.05) is 0 Å². The Kier molecular flexibility index (Phi) is 8.32. The fourth-order valence-corrected chi connectivity index (χ4v) is 4.01. The standard InChI is InChI=1S/C13H15F3N2O2.C9H13N3O/c14-13(15,16)11-8-10(6-7-12(11)18(19)20)17-9-4-2-1-3-5-9;13-9-5-8(6-11-7-9)12-3-1-10-2-4-12/h6-9,17H,1-5H2;5-7,10,13H,1-4H2. The lowest BCUT2D eigenvalue weighted by Crippen LogP contribution is -2.43. The molecular formula is C22H28F3N5O3. The normalized spacial score (nSPS) is 17.1. The zero-order chi connectivity index (χ0) is 23.8. The molecule has 33 heavy (non-hydrogen) atoms. The van der Waals surface area contributed by atoms with Gasteiger partial charge in [0, 0.05) is 50.0 Å². The van der Waals surface area contributed by atoms with Crippen molar-refractivity contribution in [2.24, 2.45) is 0 Å². The molecule has 1 saturated heterocycles. The van der Waals surface area contributed by atoms with Crippen LogP contribution in [-0.2, 0) is 6.18 Å². The average Bonchev–Trinajstić information content (AvgIpc) is 2.80. The number of hydrogen-bond acceptors (Lipinski definition) is 7. The second-order valence-corrected chi connectivity index (χ2v) is 8.10. The minimum Gasteiger partial charge on any atom is -0.506 e. The van der Waals surface area contributed by atoms with Gasteiger partial charge in [-0.3, -0.25) is 15.1 Å². The smallest absolute Gasteiger partial charge is 0.423 e. The summed E-state index contributed by atoms with van der Waals surface area (Å²) in [6, 6.07) is 4.97. The van der Waals surface area contributed by atoms with Crippen molar-refractivity contribution < 1.29 is 23.2 Å². The lowest BCUT2D eigenvalue weighted by molar-refractivity contribution is -0.388. The molecule has 0 atom stereocenters. The number of pyridine rings is 1. The number of nitrogens with one attached hydrogen (secondary N) is 2. The van der Waals surface area contributed by atoms with E-state index in [1.54, 1.807) is 12.3 Å². The minimum absolute atomic E-state index is 0.145. The van der Waals surface area contributed by atoms with Crippen LogP contribution in [0.15, 0.2) is 36.7 Å². The SMILES string of the molecule is O=[N+]([O-])c1ccc(NC2CCCCC2)cc1C(F)(F)F.Oc1cncc(N2CCNCC2)c1. The number of nitro groups is 1. The monoisotopic (exact) mass is 467 g/mol. The van der Waals surface area contributed by atoms with Crippen LogP contribution < -0.4 is 15.5 Å². The van der Waals surface area contributed by atoms with Gasteiger partial charge < -0.3 is 20.6 Å². The lowest BCUT2D eigenvalue weighted by Gasteiger charge is -2.29. The average molecular weight is 467 g/mol. The number of alkyl halides is 3. The first-order chi connectivity index (χ1) is 15.7. The highest BCUT2D eigenvalue weighted by atomic mass is 19.4. The molecule has 0 amide bonds. The predicted octanol–water partition coefficient (Wildman–Crippen LogP) is 4.56. The Labute approximate surface area is 190 Å². The van der Waals surface area contributed by atoms with E-state index in [9.17, 15) is 28.4 Å². The van der Waals surface area contributed by atoms with Crippen molar-refractivity contribution in [3.63, 3.8) is 0 Å². The van der Waals surface area contributed by atoms with E-state index in [1.165, 1.54) is 12.3 Å². The van der Waals surface area contributed by atoms with Gasteiger partial charge in [0.25, 0.3) is 5.69 Å². The Bertz CT molecular complexity index is 930. The van der Waals surface area contributed by atoms with Crippen molar-refractivity contribution in [2.45, 2.75) is 44.3 Å².